The van der Waals surface area contributed by atoms with Crippen LogP contribution in [0.5, 0.6) is 0 Å². The zero-order valence-electron chi connectivity index (χ0n) is 8.36. The minimum atomic E-state index is -0.0104. The Morgan fingerprint density at radius 2 is 2.50 bits per heavy atom. The summed E-state index contributed by atoms with van der Waals surface area (Å²) in [7, 11) is 0. The molecule has 0 fully saturated rings. The van der Waals surface area contributed by atoms with E-state index in [1.54, 1.807) is 12.4 Å². The lowest BCUT2D eigenvalue weighted by Crippen LogP contribution is -2.07. The van der Waals surface area contributed by atoms with Gasteiger partial charge in [-0.2, -0.15) is 5.26 Å². The van der Waals surface area contributed by atoms with Gasteiger partial charge in [0.1, 0.15) is 16.8 Å². The number of nitrogens with zero attached hydrogens (tertiary/aromatic N) is 3. The molecule has 0 saturated carbocycles. The molecule has 0 aliphatic carbocycles. The van der Waals surface area contributed by atoms with Crippen molar-refractivity contribution in [3.8, 4) is 6.07 Å². The number of imidazole rings is 1. The van der Waals surface area contributed by atoms with Gasteiger partial charge in [0.15, 0.2) is 10.3 Å². The predicted octanol–water partition coefficient (Wildman–Crippen LogP) is 2.56. The first-order chi connectivity index (χ1) is 7.70. The highest BCUT2D eigenvalue weighted by atomic mass is 35.5. The fourth-order valence-corrected chi connectivity index (χ4v) is 2.23. The highest BCUT2D eigenvalue weighted by molar-refractivity contribution is 7.16. The normalized spacial score (nSPS) is 12.1. The van der Waals surface area contributed by atoms with Crippen molar-refractivity contribution in [2.24, 2.45) is 0 Å². The Morgan fingerprint density at radius 3 is 3.06 bits per heavy atom. The number of nitrogens with one attached hydrogen (secondary N) is 2. The lowest BCUT2D eigenvalue weighted by molar-refractivity contribution is 0.808. The van der Waals surface area contributed by atoms with Gasteiger partial charge in [-0.25, -0.2) is 9.97 Å². The molecule has 16 heavy (non-hydrogen) atoms. The van der Waals surface area contributed by atoms with E-state index in [1.807, 2.05) is 13.0 Å². The Balaban J connectivity index is 2.13. The third-order valence-electron chi connectivity index (χ3n) is 1.96. The smallest absolute Gasteiger partial charge is 0.186 e. The zero-order chi connectivity index (χ0) is 11.5. The maximum atomic E-state index is 8.74. The van der Waals surface area contributed by atoms with Crippen molar-refractivity contribution in [2.75, 3.05) is 5.32 Å². The minimum Gasteiger partial charge on any atom is -0.352 e. The van der Waals surface area contributed by atoms with E-state index < -0.39 is 0 Å². The first kappa shape index (κ1) is 10.9. The molecule has 1 atom stereocenters. The van der Waals surface area contributed by atoms with Crippen LogP contribution in [-0.4, -0.2) is 15.0 Å². The standard InChI is InChI=1S/C9H8ClN5S/c1-5(8-12-2-3-13-8)14-9-15-7(10)6(4-11)16-9/h2-3,5H,1H3,(H,12,13)(H,14,15)/t5-/m1/s1. The summed E-state index contributed by atoms with van der Waals surface area (Å²) in [5.41, 5.74) is 0. The van der Waals surface area contributed by atoms with Crippen molar-refractivity contribution < 1.29 is 0 Å². The molecule has 2 aromatic heterocycles. The number of aromatic amines is 1. The van der Waals surface area contributed by atoms with Gasteiger partial charge in [0.2, 0.25) is 0 Å². The molecule has 0 amide bonds. The summed E-state index contributed by atoms with van der Waals surface area (Å²) >= 11 is 6.99. The fourth-order valence-electron chi connectivity index (χ4n) is 1.20. The number of anilines is 1. The first-order valence-corrected chi connectivity index (χ1v) is 5.72. The maximum absolute atomic E-state index is 8.74. The Morgan fingerprint density at radius 1 is 1.69 bits per heavy atom. The third kappa shape index (κ3) is 2.15. The SMILES string of the molecule is C[C@@H](Nc1nc(Cl)c(C#N)s1)c1ncc[nH]1. The second-order valence-corrected chi connectivity index (χ2v) is 4.45. The van der Waals surface area contributed by atoms with Gasteiger partial charge in [-0.1, -0.05) is 22.9 Å². The molecule has 7 heteroatoms. The van der Waals surface area contributed by atoms with Gasteiger partial charge in [0, 0.05) is 12.4 Å². The number of aromatic nitrogens is 3. The summed E-state index contributed by atoms with van der Waals surface area (Å²) < 4.78 is 0. The molecule has 2 N–H and O–H groups in total. The van der Waals surface area contributed by atoms with E-state index >= 15 is 0 Å². The predicted molar refractivity (Wildman–Crippen MR) is 62.5 cm³/mol. The van der Waals surface area contributed by atoms with Crippen molar-refractivity contribution in [3.63, 3.8) is 0 Å². The number of thiazole rings is 1. The van der Waals surface area contributed by atoms with Crippen LogP contribution >= 0.6 is 22.9 Å². The van der Waals surface area contributed by atoms with Crippen LogP contribution in [0.25, 0.3) is 0 Å². The molecule has 0 unspecified atom stereocenters. The summed E-state index contributed by atoms with van der Waals surface area (Å²) in [5.74, 6) is 0.810. The third-order valence-corrected chi connectivity index (χ3v) is 3.23. The molecule has 0 saturated heterocycles. The highest BCUT2D eigenvalue weighted by Gasteiger charge is 2.12. The summed E-state index contributed by atoms with van der Waals surface area (Å²) in [4.78, 5) is 11.6. The second-order valence-electron chi connectivity index (χ2n) is 3.09. The molecule has 0 radical (unpaired) electrons. The van der Waals surface area contributed by atoms with Crippen LogP contribution in [0.4, 0.5) is 5.13 Å². The van der Waals surface area contributed by atoms with Gasteiger partial charge in [0.05, 0.1) is 6.04 Å². The lowest BCUT2D eigenvalue weighted by Gasteiger charge is -2.08. The van der Waals surface area contributed by atoms with Crippen molar-refractivity contribution >= 4 is 28.1 Å². The molecular formula is C9H8ClN5S. The number of halogens is 1. The Hall–Kier alpha value is -1.58. The highest BCUT2D eigenvalue weighted by Crippen LogP contribution is 2.28. The van der Waals surface area contributed by atoms with E-state index in [0.717, 1.165) is 5.82 Å². The van der Waals surface area contributed by atoms with Crippen LogP contribution in [0, 0.1) is 11.3 Å². The maximum Gasteiger partial charge on any atom is 0.186 e. The van der Waals surface area contributed by atoms with Gasteiger partial charge in [-0.05, 0) is 6.92 Å². The minimum absolute atomic E-state index is 0.0104. The molecule has 0 aliphatic rings. The molecule has 2 aromatic rings. The second kappa shape index (κ2) is 4.51. The number of hydrogen-bond donors (Lipinski definition) is 2. The van der Waals surface area contributed by atoms with Crippen molar-refractivity contribution in [1.29, 1.82) is 5.26 Å². The van der Waals surface area contributed by atoms with Crippen molar-refractivity contribution in [2.45, 2.75) is 13.0 Å². The zero-order valence-corrected chi connectivity index (χ0v) is 9.93. The van der Waals surface area contributed by atoms with Crippen LogP contribution in [0.2, 0.25) is 5.15 Å². The summed E-state index contributed by atoms with van der Waals surface area (Å²) in [6.45, 7) is 1.94. The van der Waals surface area contributed by atoms with Gasteiger partial charge in [-0.15, -0.1) is 0 Å². The lowest BCUT2D eigenvalue weighted by atomic mass is 10.3. The molecule has 0 aromatic carbocycles. The van der Waals surface area contributed by atoms with E-state index in [1.165, 1.54) is 11.3 Å². The summed E-state index contributed by atoms with van der Waals surface area (Å²) in [6, 6.07) is 1.97. The van der Waals surface area contributed by atoms with Crippen LogP contribution in [0.3, 0.4) is 0 Å². The quantitative estimate of drug-likeness (QED) is 0.881. The summed E-state index contributed by atoms with van der Waals surface area (Å²) in [6.07, 6.45) is 3.44. The average molecular weight is 254 g/mol. The van der Waals surface area contributed by atoms with Crippen LogP contribution in [-0.2, 0) is 0 Å². The van der Waals surface area contributed by atoms with E-state index in [2.05, 4.69) is 20.3 Å². The van der Waals surface area contributed by atoms with Gasteiger partial charge >= 0.3 is 0 Å². The number of nitriles is 1. The molecule has 0 bridgehead atoms. The van der Waals surface area contributed by atoms with E-state index in [0.29, 0.717) is 10.0 Å². The Labute approximate surface area is 101 Å². The van der Waals surface area contributed by atoms with Crippen LogP contribution < -0.4 is 5.32 Å². The van der Waals surface area contributed by atoms with Crippen molar-refractivity contribution in [3.05, 3.63) is 28.2 Å². The largest absolute Gasteiger partial charge is 0.352 e. The molecule has 2 rings (SSSR count). The fraction of sp³-hybridized carbons (Fsp3) is 0.222. The Bertz CT molecular complexity index is 512. The van der Waals surface area contributed by atoms with Gasteiger partial charge < -0.3 is 10.3 Å². The van der Waals surface area contributed by atoms with Gasteiger partial charge in [-0.3, -0.25) is 0 Å². The Kier molecular flexibility index (Phi) is 3.08. The number of H-pyrrole nitrogens is 1. The number of rotatable bonds is 3. The average Bonchev–Trinajstić information content (AvgIpc) is 2.87. The molecular weight excluding hydrogens is 246 g/mol. The van der Waals surface area contributed by atoms with E-state index in [-0.39, 0.29) is 11.2 Å². The number of hydrogen-bond acceptors (Lipinski definition) is 5. The molecule has 82 valence electrons. The van der Waals surface area contributed by atoms with E-state index in [9.17, 15) is 0 Å². The first-order valence-electron chi connectivity index (χ1n) is 4.53. The van der Waals surface area contributed by atoms with Crippen molar-refractivity contribution in [1.82, 2.24) is 15.0 Å². The molecule has 2 heterocycles. The van der Waals surface area contributed by atoms with Gasteiger partial charge in [0.25, 0.3) is 0 Å². The van der Waals surface area contributed by atoms with E-state index in [4.69, 9.17) is 16.9 Å². The molecule has 5 nitrogen and oxygen atoms in total. The molecule has 0 aliphatic heterocycles. The topological polar surface area (TPSA) is 77.4 Å². The summed E-state index contributed by atoms with van der Waals surface area (Å²) in [5, 5.41) is 12.7. The van der Waals surface area contributed by atoms with Crippen LogP contribution in [0.15, 0.2) is 12.4 Å². The van der Waals surface area contributed by atoms with Crippen LogP contribution in [0.1, 0.15) is 23.7 Å². The molecule has 0 spiro atoms. The monoisotopic (exact) mass is 253 g/mol.